The third-order valence-corrected chi connectivity index (χ3v) is 1.97. The van der Waals surface area contributed by atoms with Crippen molar-refractivity contribution in [3.05, 3.63) is 21.3 Å². The van der Waals surface area contributed by atoms with E-state index in [2.05, 4.69) is 15.9 Å². The van der Waals surface area contributed by atoms with Crippen molar-refractivity contribution in [1.29, 1.82) is 0 Å². The van der Waals surface area contributed by atoms with Crippen molar-refractivity contribution in [1.82, 2.24) is 0 Å². The third kappa shape index (κ3) is 5.73. The zero-order chi connectivity index (χ0) is 7.11. The third-order valence-electron chi connectivity index (χ3n) is 0.486. The summed E-state index contributed by atoms with van der Waals surface area (Å²) >= 11 is 4.99. The first-order chi connectivity index (χ1) is 4.31. The van der Waals surface area contributed by atoms with Gasteiger partial charge in [-0.1, -0.05) is 6.07 Å². The highest BCUT2D eigenvalue weighted by Crippen LogP contribution is 2.14. The topological polar surface area (TPSA) is 17.1 Å². The van der Waals surface area contributed by atoms with Crippen LogP contribution in [-0.4, -0.2) is 6.29 Å². The van der Waals surface area contributed by atoms with E-state index in [1.807, 2.05) is 17.5 Å². The van der Waals surface area contributed by atoms with Crippen LogP contribution in [0.5, 0.6) is 0 Å². The molecule has 0 amide bonds. The molecule has 0 fully saturated rings. The minimum Gasteiger partial charge on any atom is -0.304 e. The van der Waals surface area contributed by atoms with E-state index in [0.717, 1.165) is 6.29 Å². The highest BCUT2D eigenvalue weighted by molar-refractivity contribution is 9.11. The van der Waals surface area contributed by atoms with Gasteiger partial charge in [-0.2, -0.15) is 0 Å². The van der Waals surface area contributed by atoms with Crippen LogP contribution in [0.1, 0.15) is 6.92 Å². The molecule has 0 bridgehead atoms. The van der Waals surface area contributed by atoms with Gasteiger partial charge in [0.15, 0.2) is 0 Å². The van der Waals surface area contributed by atoms with Gasteiger partial charge in [0.05, 0.1) is 3.79 Å². The maximum atomic E-state index is 8.81. The first kappa shape index (κ1) is 8.85. The summed E-state index contributed by atoms with van der Waals surface area (Å²) in [6.07, 6.45) is 0.750. The molecule has 0 N–H and O–H groups in total. The van der Waals surface area contributed by atoms with Gasteiger partial charge in [0.2, 0.25) is 0 Å². The van der Waals surface area contributed by atoms with Crippen molar-refractivity contribution in [2.24, 2.45) is 0 Å². The molecule has 0 saturated carbocycles. The number of rotatable bonds is 0. The second-order valence-electron chi connectivity index (χ2n) is 1.15. The maximum Gasteiger partial charge on any atom is 0.116 e. The molecule has 0 aromatic carbocycles. The first-order valence-corrected chi connectivity index (χ1v) is 4.07. The largest absolute Gasteiger partial charge is 0.304 e. The van der Waals surface area contributed by atoms with Gasteiger partial charge < -0.3 is 4.79 Å². The zero-order valence-electron chi connectivity index (χ0n) is 5.00. The molecule has 9 heavy (non-hydrogen) atoms. The van der Waals surface area contributed by atoms with Crippen LogP contribution in [0.2, 0.25) is 0 Å². The van der Waals surface area contributed by atoms with Crippen molar-refractivity contribution in [3.8, 4) is 0 Å². The Morgan fingerprint density at radius 2 is 2.33 bits per heavy atom. The Morgan fingerprint density at radius 1 is 1.78 bits per heavy atom. The number of aldehydes is 1. The SMILES string of the molecule is Brc1cccs1.CC=O. The summed E-state index contributed by atoms with van der Waals surface area (Å²) in [7, 11) is 0. The molecule has 0 radical (unpaired) electrons. The standard InChI is InChI=1S/C4H3BrS.C2H4O/c5-4-2-1-3-6-4;1-2-3/h1-3H;2H,1H3. The fraction of sp³-hybridized carbons (Fsp3) is 0.167. The number of halogens is 1. The molecule has 3 heteroatoms. The van der Waals surface area contributed by atoms with Gasteiger partial charge in [-0.25, -0.2) is 0 Å². The number of carbonyl (C=O) groups excluding carboxylic acids is 1. The molecule has 0 spiro atoms. The van der Waals surface area contributed by atoms with Crippen LogP contribution in [0.25, 0.3) is 0 Å². The average molecular weight is 207 g/mol. The van der Waals surface area contributed by atoms with Crippen molar-refractivity contribution in [2.45, 2.75) is 6.92 Å². The summed E-state index contributed by atoms with van der Waals surface area (Å²) in [5.41, 5.74) is 0. The first-order valence-electron chi connectivity index (χ1n) is 2.40. The summed E-state index contributed by atoms with van der Waals surface area (Å²) in [6.45, 7) is 1.44. The van der Waals surface area contributed by atoms with Crippen LogP contribution in [0.3, 0.4) is 0 Å². The Bertz CT molecular complexity index is 148. The van der Waals surface area contributed by atoms with Gasteiger partial charge in [-0.05, 0) is 34.3 Å². The molecule has 0 aliphatic rings. The van der Waals surface area contributed by atoms with Crippen LogP contribution in [0.4, 0.5) is 0 Å². The van der Waals surface area contributed by atoms with Crippen LogP contribution in [0, 0.1) is 0 Å². The summed E-state index contributed by atoms with van der Waals surface area (Å²) in [4.78, 5) is 8.81. The molecule has 1 nitrogen and oxygen atoms in total. The Balaban J connectivity index is 0.000000187. The normalized spacial score (nSPS) is 7.33. The Labute approximate surface area is 66.8 Å². The lowest BCUT2D eigenvalue weighted by Crippen LogP contribution is -1.36. The smallest absolute Gasteiger partial charge is 0.116 e. The van der Waals surface area contributed by atoms with Crippen molar-refractivity contribution in [2.75, 3.05) is 0 Å². The molecule has 1 heterocycles. The van der Waals surface area contributed by atoms with Gasteiger partial charge in [-0.3, -0.25) is 0 Å². The van der Waals surface area contributed by atoms with Crippen molar-refractivity contribution < 1.29 is 4.79 Å². The zero-order valence-corrected chi connectivity index (χ0v) is 7.41. The lowest BCUT2D eigenvalue weighted by Gasteiger charge is -1.62. The number of hydrogen-bond acceptors (Lipinski definition) is 2. The van der Waals surface area contributed by atoms with Crippen LogP contribution in [0.15, 0.2) is 21.3 Å². The quantitative estimate of drug-likeness (QED) is 0.597. The summed E-state index contributed by atoms with van der Waals surface area (Å²) < 4.78 is 1.20. The lowest BCUT2D eigenvalue weighted by molar-refractivity contribution is -0.106. The molecule has 1 aromatic rings. The highest BCUT2D eigenvalue weighted by atomic mass is 79.9. The second-order valence-corrected chi connectivity index (χ2v) is 3.48. The fourth-order valence-corrected chi connectivity index (χ4v) is 1.18. The minimum absolute atomic E-state index is 0.750. The molecule has 0 aliphatic carbocycles. The van der Waals surface area contributed by atoms with Gasteiger partial charge in [0.1, 0.15) is 6.29 Å². The Morgan fingerprint density at radius 3 is 2.44 bits per heavy atom. The summed E-state index contributed by atoms with van der Waals surface area (Å²) in [6, 6.07) is 4.03. The molecule has 0 unspecified atom stereocenters. The Hall–Kier alpha value is -0.150. The van der Waals surface area contributed by atoms with E-state index >= 15 is 0 Å². The van der Waals surface area contributed by atoms with E-state index in [9.17, 15) is 0 Å². The van der Waals surface area contributed by atoms with Gasteiger partial charge >= 0.3 is 0 Å². The summed E-state index contributed by atoms with van der Waals surface area (Å²) in [5.74, 6) is 0. The van der Waals surface area contributed by atoms with E-state index in [-0.39, 0.29) is 0 Å². The minimum atomic E-state index is 0.750. The molecule has 50 valence electrons. The molecule has 1 rings (SSSR count). The lowest BCUT2D eigenvalue weighted by atomic mass is 10.7. The number of carbonyl (C=O) groups is 1. The van der Waals surface area contributed by atoms with E-state index in [1.54, 1.807) is 11.3 Å². The van der Waals surface area contributed by atoms with Crippen LogP contribution in [-0.2, 0) is 4.79 Å². The monoisotopic (exact) mass is 206 g/mol. The maximum absolute atomic E-state index is 8.81. The average Bonchev–Trinajstić information content (AvgIpc) is 2.20. The van der Waals surface area contributed by atoms with E-state index < -0.39 is 0 Å². The molecular weight excluding hydrogens is 200 g/mol. The van der Waals surface area contributed by atoms with Gasteiger partial charge in [0.25, 0.3) is 0 Å². The predicted molar refractivity (Wildman–Crippen MR) is 43.8 cm³/mol. The number of thiophene rings is 1. The predicted octanol–water partition coefficient (Wildman–Crippen LogP) is 2.72. The second kappa shape index (κ2) is 5.98. The summed E-state index contributed by atoms with van der Waals surface area (Å²) in [5, 5.41) is 2.03. The van der Waals surface area contributed by atoms with Crippen molar-refractivity contribution in [3.63, 3.8) is 0 Å². The molecular formula is C6H7BrOS. The van der Waals surface area contributed by atoms with Gasteiger partial charge in [0, 0.05) is 0 Å². The van der Waals surface area contributed by atoms with Gasteiger partial charge in [-0.15, -0.1) is 11.3 Å². The van der Waals surface area contributed by atoms with Crippen molar-refractivity contribution >= 4 is 33.6 Å². The molecule has 1 aromatic heterocycles. The van der Waals surface area contributed by atoms with E-state index in [4.69, 9.17) is 4.79 Å². The van der Waals surface area contributed by atoms with Crippen LogP contribution >= 0.6 is 27.3 Å². The van der Waals surface area contributed by atoms with E-state index in [0.29, 0.717) is 0 Å². The number of hydrogen-bond donors (Lipinski definition) is 0. The van der Waals surface area contributed by atoms with Crippen LogP contribution < -0.4 is 0 Å². The molecule has 0 saturated heterocycles. The fourth-order valence-electron chi connectivity index (χ4n) is 0.259. The Kier molecular flexibility index (Phi) is 5.88. The molecule has 0 aliphatic heterocycles. The molecule has 0 atom stereocenters. The highest BCUT2D eigenvalue weighted by Gasteiger charge is 1.77. The van der Waals surface area contributed by atoms with E-state index in [1.165, 1.54) is 10.7 Å².